The molecule has 1 aromatic carbocycles. The molecule has 3 aromatic rings. The van der Waals surface area contributed by atoms with E-state index in [0.29, 0.717) is 18.2 Å². The van der Waals surface area contributed by atoms with Crippen molar-refractivity contribution >= 4 is 17.4 Å². The molecule has 3 heterocycles. The van der Waals surface area contributed by atoms with Gasteiger partial charge in [0.25, 0.3) is 5.91 Å². The van der Waals surface area contributed by atoms with E-state index in [0.717, 1.165) is 35.7 Å². The summed E-state index contributed by atoms with van der Waals surface area (Å²) in [6.07, 6.45) is 4.09. The monoisotopic (exact) mass is 350 g/mol. The van der Waals surface area contributed by atoms with Crippen LogP contribution in [0.1, 0.15) is 23.2 Å². The molecule has 0 saturated carbocycles. The van der Waals surface area contributed by atoms with Crippen LogP contribution in [-0.2, 0) is 0 Å². The lowest BCUT2D eigenvalue weighted by Crippen LogP contribution is -2.37. The minimum absolute atomic E-state index is 0.0426. The Morgan fingerprint density at radius 1 is 1.27 bits per heavy atom. The van der Waals surface area contributed by atoms with E-state index in [1.54, 1.807) is 10.7 Å². The maximum Gasteiger partial charge on any atom is 0.251 e. The second-order valence-corrected chi connectivity index (χ2v) is 6.46. The summed E-state index contributed by atoms with van der Waals surface area (Å²) in [5, 5.41) is 13.9. The number of rotatable bonds is 5. The first-order valence-electron chi connectivity index (χ1n) is 8.89. The van der Waals surface area contributed by atoms with Gasteiger partial charge in [-0.1, -0.05) is 12.1 Å². The molecular weight excluding hydrogens is 328 g/mol. The molecule has 3 N–H and O–H groups in total. The standard InChI is InChI=1S/C19H22N6O/c1-20-17-8-9-18-22-12-16(25(18)24-17)13-4-6-14(7-5-13)19(26)23-11-15-3-2-10-21-15/h4-9,12,15,21H,2-3,10-11H2,1H3,(H,20,24)(H,23,26). The van der Waals surface area contributed by atoms with Gasteiger partial charge in [-0.05, 0) is 43.7 Å². The van der Waals surface area contributed by atoms with Crippen molar-refractivity contribution in [1.29, 1.82) is 0 Å². The summed E-state index contributed by atoms with van der Waals surface area (Å²) in [6, 6.07) is 11.7. The van der Waals surface area contributed by atoms with E-state index in [2.05, 4.69) is 26.0 Å². The average molecular weight is 350 g/mol. The first-order chi connectivity index (χ1) is 12.7. The molecule has 1 aliphatic rings. The number of imidazole rings is 1. The molecule has 1 saturated heterocycles. The number of anilines is 1. The third kappa shape index (κ3) is 3.25. The van der Waals surface area contributed by atoms with Crippen LogP contribution in [0.3, 0.4) is 0 Å². The fourth-order valence-electron chi connectivity index (χ4n) is 3.24. The molecule has 0 bridgehead atoms. The molecule has 1 aliphatic heterocycles. The molecule has 1 unspecified atom stereocenters. The maximum absolute atomic E-state index is 12.3. The lowest BCUT2D eigenvalue weighted by Gasteiger charge is -2.11. The van der Waals surface area contributed by atoms with Gasteiger partial charge in [-0.2, -0.15) is 0 Å². The van der Waals surface area contributed by atoms with Crippen LogP contribution in [0.5, 0.6) is 0 Å². The van der Waals surface area contributed by atoms with E-state index in [4.69, 9.17) is 0 Å². The van der Waals surface area contributed by atoms with Gasteiger partial charge < -0.3 is 16.0 Å². The molecule has 26 heavy (non-hydrogen) atoms. The van der Waals surface area contributed by atoms with E-state index in [-0.39, 0.29) is 5.91 Å². The number of benzene rings is 1. The molecule has 7 nitrogen and oxygen atoms in total. The number of nitrogens with one attached hydrogen (secondary N) is 3. The molecule has 0 aliphatic carbocycles. The molecule has 1 amide bonds. The van der Waals surface area contributed by atoms with Crippen LogP contribution in [0.2, 0.25) is 0 Å². The van der Waals surface area contributed by atoms with E-state index in [1.807, 2.05) is 43.4 Å². The third-order valence-corrected chi connectivity index (χ3v) is 4.73. The highest BCUT2D eigenvalue weighted by Crippen LogP contribution is 2.21. The highest BCUT2D eigenvalue weighted by molar-refractivity contribution is 5.94. The summed E-state index contributed by atoms with van der Waals surface area (Å²) in [6.45, 7) is 1.71. The van der Waals surface area contributed by atoms with Gasteiger partial charge in [-0.3, -0.25) is 4.79 Å². The Balaban J connectivity index is 1.51. The van der Waals surface area contributed by atoms with Crippen molar-refractivity contribution in [2.24, 2.45) is 0 Å². The number of carbonyl (C=O) groups is 1. The summed E-state index contributed by atoms with van der Waals surface area (Å²) in [5.41, 5.74) is 3.29. The average Bonchev–Trinajstić information content (AvgIpc) is 3.35. The van der Waals surface area contributed by atoms with Gasteiger partial charge >= 0.3 is 0 Å². The highest BCUT2D eigenvalue weighted by Gasteiger charge is 2.15. The Labute approximate surface area is 151 Å². The maximum atomic E-state index is 12.3. The van der Waals surface area contributed by atoms with Gasteiger partial charge in [0.15, 0.2) is 5.65 Å². The zero-order valence-electron chi connectivity index (χ0n) is 14.7. The number of fused-ring (bicyclic) bond motifs is 1. The smallest absolute Gasteiger partial charge is 0.251 e. The first kappa shape index (κ1) is 16.5. The van der Waals surface area contributed by atoms with E-state index in [9.17, 15) is 4.79 Å². The quantitative estimate of drug-likeness (QED) is 0.655. The minimum atomic E-state index is -0.0426. The molecule has 134 valence electrons. The van der Waals surface area contributed by atoms with Crippen LogP contribution in [0.25, 0.3) is 16.9 Å². The number of amides is 1. The van der Waals surface area contributed by atoms with E-state index < -0.39 is 0 Å². The van der Waals surface area contributed by atoms with Crippen LogP contribution < -0.4 is 16.0 Å². The molecule has 0 spiro atoms. The largest absolute Gasteiger partial charge is 0.372 e. The topological polar surface area (TPSA) is 83.3 Å². The summed E-state index contributed by atoms with van der Waals surface area (Å²) >= 11 is 0. The zero-order valence-corrected chi connectivity index (χ0v) is 14.7. The Morgan fingerprint density at radius 3 is 2.85 bits per heavy atom. The van der Waals surface area contributed by atoms with Crippen LogP contribution in [0.4, 0.5) is 5.82 Å². The number of carbonyl (C=O) groups excluding carboxylic acids is 1. The SMILES string of the molecule is CNc1ccc2ncc(-c3ccc(C(=O)NCC4CCCN4)cc3)n2n1. The summed E-state index contributed by atoms with van der Waals surface area (Å²) in [7, 11) is 1.83. The van der Waals surface area contributed by atoms with Crippen LogP contribution in [0.15, 0.2) is 42.6 Å². The molecule has 1 fully saturated rings. The number of nitrogens with zero attached hydrogens (tertiary/aromatic N) is 3. The predicted octanol–water partition coefficient (Wildman–Crippen LogP) is 1.92. The normalized spacial score (nSPS) is 16.7. The van der Waals surface area contributed by atoms with Gasteiger partial charge in [0, 0.05) is 30.8 Å². The molecule has 7 heteroatoms. The Bertz CT molecular complexity index is 911. The molecule has 1 atom stereocenters. The summed E-state index contributed by atoms with van der Waals surface area (Å²) in [4.78, 5) is 16.7. The molecule has 2 aromatic heterocycles. The summed E-state index contributed by atoms with van der Waals surface area (Å²) < 4.78 is 1.80. The van der Waals surface area contributed by atoms with Gasteiger partial charge in [0.1, 0.15) is 5.82 Å². The van der Waals surface area contributed by atoms with Crippen molar-refractivity contribution in [1.82, 2.24) is 25.2 Å². The van der Waals surface area contributed by atoms with Crippen molar-refractivity contribution in [2.45, 2.75) is 18.9 Å². The van der Waals surface area contributed by atoms with Crippen molar-refractivity contribution in [3.8, 4) is 11.3 Å². The van der Waals surface area contributed by atoms with Crippen LogP contribution in [-0.4, -0.2) is 46.7 Å². The van der Waals surface area contributed by atoms with Crippen LogP contribution >= 0.6 is 0 Å². The lowest BCUT2D eigenvalue weighted by molar-refractivity contribution is 0.0950. The fraction of sp³-hybridized carbons (Fsp3) is 0.316. The summed E-state index contributed by atoms with van der Waals surface area (Å²) in [5.74, 6) is 0.729. The molecule has 0 radical (unpaired) electrons. The predicted molar refractivity (Wildman–Crippen MR) is 101 cm³/mol. The second kappa shape index (κ2) is 7.13. The first-order valence-corrected chi connectivity index (χ1v) is 8.89. The second-order valence-electron chi connectivity index (χ2n) is 6.46. The Kier molecular flexibility index (Phi) is 4.53. The number of aromatic nitrogens is 3. The van der Waals surface area contributed by atoms with Gasteiger partial charge in [-0.25, -0.2) is 9.50 Å². The van der Waals surface area contributed by atoms with Crippen molar-refractivity contribution in [2.75, 3.05) is 25.5 Å². The van der Waals surface area contributed by atoms with Gasteiger partial charge in [0.2, 0.25) is 0 Å². The fourth-order valence-corrected chi connectivity index (χ4v) is 3.24. The van der Waals surface area contributed by atoms with E-state index >= 15 is 0 Å². The van der Waals surface area contributed by atoms with Gasteiger partial charge in [0.05, 0.1) is 11.9 Å². The molecular formula is C19H22N6O. The Morgan fingerprint density at radius 2 is 2.12 bits per heavy atom. The number of hydrogen-bond donors (Lipinski definition) is 3. The van der Waals surface area contributed by atoms with Crippen LogP contribution in [0, 0.1) is 0 Å². The van der Waals surface area contributed by atoms with Crippen molar-refractivity contribution in [3.05, 3.63) is 48.2 Å². The number of hydrogen-bond acceptors (Lipinski definition) is 5. The highest BCUT2D eigenvalue weighted by atomic mass is 16.1. The zero-order chi connectivity index (χ0) is 17.9. The minimum Gasteiger partial charge on any atom is -0.372 e. The Hall–Kier alpha value is -2.93. The third-order valence-electron chi connectivity index (χ3n) is 4.73. The van der Waals surface area contributed by atoms with E-state index in [1.165, 1.54) is 6.42 Å². The molecule has 4 rings (SSSR count). The van der Waals surface area contributed by atoms with Gasteiger partial charge in [-0.15, -0.1) is 5.10 Å². The lowest BCUT2D eigenvalue weighted by atomic mass is 10.1. The van der Waals surface area contributed by atoms with Crippen molar-refractivity contribution in [3.63, 3.8) is 0 Å². The van der Waals surface area contributed by atoms with Crippen molar-refractivity contribution < 1.29 is 4.79 Å².